The molecule has 5 nitrogen and oxygen atoms in total. The number of hydrogen-bond acceptors (Lipinski definition) is 2. The van der Waals surface area contributed by atoms with Crippen LogP contribution in [0.2, 0.25) is 10.0 Å². The molecule has 17 heavy (non-hydrogen) atoms. The molecule has 0 aliphatic heterocycles. The predicted octanol–water partition coefficient (Wildman–Crippen LogP) is 2.22. The van der Waals surface area contributed by atoms with Gasteiger partial charge >= 0.3 is 6.09 Å². The minimum atomic E-state index is -1.25. The third-order valence-electron chi connectivity index (χ3n) is 2.06. The third-order valence-corrected chi connectivity index (χ3v) is 2.79. The highest BCUT2D eigenvalue weighted by molar-refractivity contribution is 6.42. The van der Waals surface area contributed by atoms with Gasteiger partial charge in [0.25, 0.3) is 0 Å². The Morgan fingerprint density at radius 2 is 2.00 bits per heavy atom. The van der Waals surface area contributed by atoms with Crippen LogP contribution in [0.15, 0.2) is 18.2 Å². The van der Waals surface area contributed by atoms with E-state index in [1.165, 1.54) is 18.0 Å². The molecule has 0 bridgehead atoms. The van der Waals surface area contributed by atoms with Crippen molar-refractivity contribution in [3.8, 4) is 0 Å². The number of nitrogens with one attached hydrogen (secondary N) is 1. The van der Waals surface area contributed by atoms with Crippen LogP contribution in [-0.2, 0) is 4.79 Å². The molecule has 7 heteroatoms. The molecular weight excluding hydrogens is 267 g/mol. The molecule has 0 heterocycles. The second kappa shape index (κ2) is 5.75. The molecule has 0 spiro atoms. The predicted molar refractivity (Wildman–Crippen MR) is 65.9 cm³/mol. The first-order chi connectivity index (χ1) is 7.91. The standard InChI is InChI=1S/C10H10Cl2N2O3/c1-14(9(15)5-13-10(16)17)6-2-3-7(11)8(12)4-6/h2-4,13H,5H2,1H3,(H,16,17). The summed E-state index contributed by atoms with van der Waals surface area (Å²) < 4.78 is 0. The minimum absolute atomic E-state index is 0.300. The molecule has 2 amide bonds. The molecule has 0 radical (unpaired) electrons. The SMILES string of the molecule is CN(C(=O)CNC(=O)O)c1ccc(Cl)c(Cl)c1. The molecule has 2 N–H and O–H groups in total. The Morgan fingerprint density at radius 1 is 1.35 bits per heavy atom. The number of amides is 2. The van der Waals surface area contributed by atoms with Crippen LogP contribution in [0.4, 0.5) is 10.5 Å². The molecule has 0 fully saturated rings. The van der Waals surface area contributed by atoms with Gasteiger partial charge in [0.1, 0.15) is 6.54 Å². The highest BCUT2D eigenvalue weighted by Gasteiger charge is 2.12. The molecule has 92 valence electrons. The average Bonchev–Trinajstić information content (AvgIpc) is 2.28. The summed E-state index contributed by atoms with van der Waals surface area (Å²) in [4.78, 5) is 23.1. The lowest BCUT2D eigenvalue weighted by atomic mass is 10.3. The van der Waals surface area contributed by atoms with Crippen LogP contribution in [0, 0.1) is 0 Å². The molecule has 0 aliphatic rings. The van der Waals surface area contributed by atoms with E-state index in [4.69, 9.17) is 28.3 Å². The van der Waals surface area contributed by atoms with E-state index in [1.54, 1.807) is 12.1 Å². The number of carbonyl (C=O) groups excluding carboxylic acids is 1. The van der Waals surface area contributed by atoms with Crippen molar-refractivity contribution in [2.75, 3.05) is 18.5 Å². The largest absolute Gasteiger partial charge is 0.465 e. The van der Waals surface area contributed by atoms with Crippen LogP contribution in [0.1, 0.15) is 0 Å². The number of likely N-dealkylation sites (N-methyl/N-ethyl adjacent to an activating group) is 1. The zero-order valence-electron chi connectivity index (χ0n) is 8.91. The van der Waals surface area contributed by atoms with Gasteiger partial charge in [-0.25, -0.2) is 4.79 Å². The van der Waals surface area contributed by atoms with Crippen molar-refractivity contribution >= 4 is 40.9 Å². The summed E-state index contributed by atoms with van der Waals surface area (Å²) in [7, 11) is 1.52. The van der Waals surface area contributed by atoms with Crippen molar-refractivity contribution < 1.29 is 14.7 Å². The maximum absolute atomic E-state index is 11.6. The maximum atomic E-state index is 11.6. The van der Waals surface area contributed by atoms with Gasteiger partial charge < -0.3 is 15.3 Å². The van der Waals surface area contributed by atoms with E-state index in [-0.39, 0.29) is 6.54 Å². The van der Waals surface area contributed by atoms with Gasteiger partial charge in [-0.3, -0.25) is 4.79 Å². The Morgan fingerprint density at radius 3 is 2.53 bits per heavy atom. The van der Waals surface area contributed by atoms with Gasteiger partial charge in [-0.1, -0.05) is 23.2 Å². The first-order valence-corrected chi connectivity index (χ1v) is 5.36. The zero-order chi connectivity index (χ0) is 13.0. The monoisotopic (exact) mass is 276 g/mol. The highest BCUT2D eigenvalue weighted by Crippen LogP contribution is 2.26. The van der Waals surface area contributed by atoms with Crippen LogP contribution < -0.4 is 10.2 Å². The molecule has 0 aromatic heterocycles. The van der Waals surface area contributed by atoms with E-state index in [9.17, 15) is 9.59 Å². The number of nitrogens with zero attached hydrogens (tertiary/aromatic N) is 1. The van der Waals surface area contributed by atoms with Gasteiger partial charge in [0.15, 0.2) is 0 Å². The van der Waals surface area contributed by atoms with Gasteiger partial charge in [-0.15, -0.1) is 0 Å². The summed E-state index contributed by atoms with van der Waals surface area (Å²) in [6, 6.07) is 4.71. The first kappa shape index (κ1) is 13.6. The van der Waals surface area contributed by atoms with Crippen molar-refractivity contribution in [1.82, 2.24) is 5.32 Å². The van der Waals surface area contributed by atoms with Crippen molar-refractivity contribution in [3.05, 3.63) is 28.2 Å². The maximum Gasteiger partial charge on any atom is 0.405 e. The van der Waals surface area contributed by atoms with E-state index >= 15 is 0 Å². The van der Waals surface area contributed by atoms with Crippen molar-refractivity contribution in [2.45, 2.75) is 0 Å². The summed E-state index contributed by atoms with van der Waals surface area (Å²) in [6.45, 7) is -0.300. The fourth-order valence-corrected chi connectivity index (χ4v) is 1.40. The Balaban J connectivity index is 2.74. The van der Waals surface area contributed by atoms with Crippen molar-refractivity contribution in [2.24, 2.45) is 0 Å². The molecule has 0 atom stereocenters. The summed E-state index contributed by atoms with van der Waals surface area (Å²) in [6.07, 6.45) is -1.25. The average molecular weight is 277 g/mol. The van der Waals surface area contributed by atoms with Gasteiger partial charge in [0.05, 0.1) is 10.0 Å². The first-order valence-electron chi connectivity index (χ1n) is 4.60. The topological polar surface area (TPSA) is 69.6 Å². The van der Waals surface area contributed by atoms with Gasteiger partial charge in [-0.2, -0.15) is 0 Å². The second-order valence-corrected chi connectivity index (χ2v) is 4.02. The van der Waals surface area contributed by atoms with E-state index in [2.05, 4.69) is 0 Å². The molecular formula is C10H10Cl2N2O3. The molecule has 0 unspecified atom stereocenters. The molecule has 1 aromatic rings. The zero-order valence-corrected chi connectivity index (χ0v) is 10.4. The Bertz CT molecular complexity index is 451. The quantitative estimate of drug-likeness (QED) is 0.890. The molecule has 0 aliphatic carbocycles. The van der Waals surface area contributed by atoms with Crippen molar-refractivity contribution in [3.63, 3.8) is 0 Å². The number of rotatable bonds is 3. The lowest BCUT2D eigenvalue weighted by Crippen LogP contribution is -2.37. The van der Waals surface area contributed by atoms with E-state index < -0.39 is 12.0 Å². The lowest BCUT2D eigenvalue weighted by Gasteiger charge is -2.17. The van der Waals surface area contributed by atoms with Gasteiger partial charge in [0.2, 0.25) is 5.91 Å². The summed E-state index contributed by atoms with van der Waals surface area (Å²) in [5.41, 5.74) is 0.539. The molecule has 1 aromatic carbocycles. The van der Waals surface area contributed by atoms with E-state index in [0.29, 0.717) is 15.7 Å². The fourth-order valence-electron chi connectivity index (χ4n) is 1.11. The minimum Gasteiger partial charge on any atom is -0.465 e. The Labute approximate surface area is 108 Å². The number of halogens is 2. The summed E-state index contributed by atoms with van der Waals surface area (Å²) in [5.74, 6) is -0.397. The lowest BCUT2D eigenvalue weighted by molar-refractivity contribution is -0.117. The number of anilines is 1. The fraction of sp³-hybridized carbons (Fsp3) is 0.200. The number of carboxylic acid groups (broad SMARTS) is 1. The summed E-state index contributed by atoms with van der Waals surface area (Å²) in [5, 5.41) is 11.1. The number of carbonyl (C=O) groups is 2. The van der Waals surface area contributed by atoms with Crippen LogP contribution in [0.25, 0.3) is 0 Å². The number of benzene rings is 1. The van der Waals surface area contributed by atoms with Crippen LogP contribution in [-0.4, -0.2) is 30.7 Å². The summed E-state index contributed by atoms with van der Waals surface area (Å²) >= 11 is 11.6. The van der Waals surface area contributed by atoms with Crippen LogP contribution in [0.3, 0.4) is 0 Å². The second-order valence-electron chi connectivity index (χ2n) is 3.21. The van der Waals surface area contributed by atoms with Crippen LogP contribution in [0.5, 0.6) is 0 Å². The molecule has 1 rings (SSSR count). The van der Waals surface area contributed by atoms with E-state index in [0.717, 1.165) is 0 Å². The third kappa shape index (κ3) is 3.80. The smallest absolute Gasteiger partial charge is 0.405 e. The number of hydrogen-bond donors (Lipinski definition) is 2. The van der Waals surface area contributed by atoms with Gasteiger partial charge in [-0.05, 0) is 18.2 Å². The molecule has 0 saturated carbocycles. The molecule has 0 saturated heterocycles. The van der Waals surface area contributed by atoms with Crippen LogP contribution >= 0.6 is 23.2 Å². The Kier molecular flexibility index (Phi) is 4.60. The normalized spacial score (nSPS) is 9.82. The Hall–Kier alpha value is -1.46. The van der Waals surface area contributed by atoms with Gasteiger partial charge in [0, 0.05) is 12.7 Å². The van der Waals surface area contributed by atoms with Crippen molar-refractivity contribution in [1.29, 1.82) is 0 Å². The van der Waals surface area contributed by atoms with E-state index in [1.807, 2.05) is 5.32 Å². The highest BCUT2D eigenvalue weighted by atomic mass is 35.5.